The first-order valence-electron chi connectivity index (χ1n) is 6.76. The Morgan fingerprint density at radius 2 is 1.94 bits per heavy atom. The van der Waals surface area contributed by atoms with Crippen molar-refractivity contribution >= 4 is 0 Å². The fourth-order valence-corrected chi connectivity index (χ4v) is 2.32. The standard InChI is InChI=1S/C13H23N3O/c1-3-13(2,14)12-15-11(17-16-12)10-8-6-4-5-7-9-10/h10H,3-9,14H2,1-2H3. The molecule has 1 unspecified atom stereocenters. The first kappa shape index (κ1) is 12.6. The van der Waals surface area contributed by atoms with Gasteiger partial charge in [0.25, 0.3) is 0 Å². The van der Waals surface area contributed by atoms with Crippen LogP contribution in [0.4, 0.5) is 0 Å². The van der Waals surface area contributed by atoms with E-state index < -0.39 is 5.54 Å². The maximum Gasteiger partial charge on any atom is 0.229 e. The highest BCUT2D eigenvalue weighted by Gasteiger charge is 2.27. The minimum absolute atomic E-state index is 0.450. The Morgan fingerprint density at radius 1 is 1.29 bits per heavy atom. The molecule has 1 aliphatic rings. The Bertz CT molecular complexity index is 351. The molecule has 0 radical (unpaired) electrons. The minimum Gasteiger partial charge on any atom is -0.339 e. The molecule has 0 saturated heterocycles. The van der Waals surface area contributed by atoms with Crippen LogP contribution in [0.5, 0.6) is 0 Å². The van der Waals surface area contributed by atoms with E-state index in [0.29, 0.717) is 11.7 Å². The molecule has 0 aliphatic heterocycles. The van der Waals surface area contributed by atoms with Gasteiger partial charge in [0.1, 0.15) is 0 Å². The normalized spacial score (nSPS) is 22.1. The monoisotopic (exact) mass is 237 g/mol. The third-order valence-electron chi connectivity index (χ3n) is 3.89. The van der Waals surface area contributed by atoms with Gasteiger partial charge >= 0.3 is 0 Å². The van der Waals surface area contributed by atoms with Crippen LogP contribution in [0.3, 0.4) is 0 Å². The molecule has 2 N–H and O–H groups in total. The van der Waals surface area contributed by atoms with E-state index in [2.05, 4.69) is 10.1 Å². The summed E-state index contributed by atoms with van der Waals surface area (Å²) in [6, 6.07) is 0. The van der Waals surface area contributed by atoms with Gasteiger partial charge in [0.2, 0.25) is 5.89 Å². The van der Waals surface area contributed by atoms with Gasteiger partial charge in [0.05, 0.1) is 5.54 Å². The van der Waals surface area contributed by atoms with Crippen LogP contribution in [0.15, 0.2) is 4.52 Å². The number of nitrogens with zero attached hydrogens (tertiary/aromatic N) is 2. The van der Waals surface area contributed by atoms with Gasteiger partial charge in [-0.25, -0.2) is 0 Å². The van der Waals surface area contributed by atoms with Crippen molar-refractivity contribution in [3.8, 4) is 0 Å². The number of hydrogen-bond acceptors (Lipinski definition) is 4. The highest BCUT2D eigenvalue weighted by Crippen LogP contribution is 2.31. The molecule has 1 saturated carbocycles. The van der Waals surface area contributed by atoms with E-state index in [9.17, 15) is 0 Å². The second-order valence-electron chi connectivity index (χ2n) is 5.42. The molecule has 1 aromatic rings. The smallest absolute Gasteiger partial charge is 0.229 e. The molecular formula is C13H23N3O. The topological polar surface area (TPSA) is 64.9 Å². The molecule has 1 aliphatic carbocycles. The molecule has 2 rings (SSSR count). The predicted octanol–water partition coefficient (Wildman–Crippen LogP) is 3.09. The molecular weight excluding hydrogens is 214 g/mol. The van der Waals surface area contributed by atoms with E-state index in [0.717, 1.165) is 12.3 Å². The molecule has 0 bridgehead atoms. The van der Waals surface area contributed by atoms with Gasteiger partial charge in [-0.1, -0.05) is 37.8 Å². The van der Waals surface area contributed by atoms with E-state index in [4.69, 9.17) is 10.3 Å². The Morgan fingerprint density at radius 3 is 2.53 bits per heavy atom. The Labute approximate surface area is 103 Å². The van der Waals surface area contributed by atoms with Crippen LogP contribution in [0.25, 0.3) is 0 Å². The minimum atomic E-state index is -0.466. The zero-order valence-electron chi connectivity index (χ0n) is 10.9. The first-order valence-corrected chi connectivity index (χ1v) is 6.76. The molecule has 4 nitrogen and oxygen atoms in total. The molecule has 96 valence electrons. The van der Waals surface area contributed by atoms with Crippen LogP contribution in [0, 0.1) is 0 Å². The number of rotatable bonds is 3. The van der Waals surface area contributed by atoms with Gasteiger partial charge in [-0.2, -0.15) is 4.98 Å². The molecule has 17 heavy (non-hydrogen) atoms. The molecule has 1 atom stereocenters. The molecule has 0 amide bonds. The zero-order chi connectivity index (χ0) is 12.3. The van der Waals surface area contributed by atoms with E-state index in [-0.39, 0.29) is 0 Å². The van der Waals surface area contributed by atoms with Crippen LogP contribution in [0.1, 0.15) is 76.4 Å². The first-order chi connectivity index (χ1) is 8.13. The SMILES string of the molecule is CCC(C)(N)c1noc(C2CCCCCC2)n1. The summed E-state index contributed by atoms with van der Waals surface area (Å²) in [6.07, 6.45) is 8.38. The van der Waals surface area contributed by atoms with Crippen molar-refractivity contribution in [2.75, 3.05) is 0 Å². The van der Waals surface area contributed by atoms with E-state index >= 15 is 0 Å². The third kappa shape index (κ3) is 2.86. The molecule has 0 spiro atoms. The summed E-state index contributed by atoms with van der Waals surface area (Å²) >= 11 is 0. The molecule has 1 fully saturated rings. The average molecular weight is 237 g/mol. The lowest BCUT2D eigenvalue weighted by atomic mass is 9.98. The third-order valence-corrected chi connectivity index (χ3v) is 3.89. The summed E-state index contributed by atoms with van der Waals surface area (Å²) in [4.78, 5) is 4.52. The summed E-state index contributed by atoms with van der Waals surface area (Å²) in [5, 5.41) is 4.05. The van der Waals surface area contributed by atoms with Crippen molar-refractivity contribution in [2.45, 2.75) is 70.3 Å². The number of nitrogens with two attached hydrogens (primary N) is 1. The number of aromatic nitrogens is 2. The van der Waals surface area contributed by atoms with Crippen LogP contribution < -0.4 is 5.73 Å². The maximum atomic E-state index is 6.13. The van der Waals surface area contributed by atoms with Gasteiger partial charge < -0.3 is 10.3 Å². The summed E-state index contributed by atoms with van der Waals surface area (Å²) in [7, 11) is 0. The van der Waals surface area contributed by atoms with Crippen molar-refractivity contribution in [1.82, 2.24) is 10.1 Å². The summed E-state index contributed by atoms with van der Waals surface area (Å²) in [5.74, 6) is 1.90. The van der Waals surface area contributed by atoms with E-state index in [1.54, 1.807) is 0 Å². The van der Waals surface area contributed by atoms with Gasteiger partial charge in [0, 0.05) is 5.92 Å². The quantitative estimate of drug-likeness (QED) is 0.820. The summed E-state index contributed by atoms with van der Waals surface area (Å²) < 4.78 is 5.41. The Balaban J connectivity index is 2.11. The van der Waals surface area contributed by atoms with Gasteiger partial charge in [0.15, 0.2) is 5.82 Å². The van der Waals surface area contributed by atoms with Crippen molar-refractivity contribution in [3.05, 3.63) is 11.7 Å². The largest absolute Gasteiger partial charge is 0.339 e. The summed E-state index contributed by atoms with van der Waals surface area (Å²) in [6.45, 7) is 4.00. The fraction of sp³-hybridized carbons (Fsp3) is 0.846. The fourth-order valence-electron chi connectivity index (χ4n) is 2.32. The lowest BCUT2D eigenvalue weighted by molar-refractivity contribution is 0.326. The van der Waals surface area contributed by atoms with Crippen molar-refractivity contribution < 1.29 is 4.52 Å². The van der Waals surface area contributed by atoms with Crippen LogP contribution in [-0.4, -0.2) is 10.1 Å². The van der Waals surface area contributed by atoms with E-state index in [1.807, 2.05) is 13.8 Å². The van der Waals surface area contributed by atoms with Crippen molar-refractivity contribution in [2.24, 2.45) is 5.73 Å². The Hall–Kier alpha value is -0.900. The predicted molar refractivity (Wildman–Crippen MR) is 66.6 cm³/mol. The van der Waals surface area contributed by atoms with E-state index in [1.165, 1.54) is 38.5 Å². The second kappa shape index (κ2) is 5.17. The van der Waals surface area contributed by atoms with Gasteiger partial charge in [-0.15, -0.1) is 0 Å². The molecule has 4 heteroatoms. The highest BCUT2D eigenvalue weighted by molar-refractivity contribution is 5.03. The number of hydrogen-bond donors (Lipinski definition) is 1. The average Bonchev–Trinajstić information content (AvgIpc) is 2.67. The summed E-state index contributed by atoms with van der Waals surface area (Å²) in [5.41, 5.74) is 5.66. The van der Waals surface area contributed by atoms with Crippen LogP contribution in [0.2, 0.25) is 0 Å². The van der Waals surface area contributed by atoms with Gasteiger partial charge in [-0.3, -0.25) is 0 Å². The van der Waals surface area contributed by atoms with Crippen LogP contribution in [-0.2, 0) is 5.54 Å². The lowest BCUT2D eigenvalue weighted by Crippen LogP contribution is -2.33. The Kier molecular flexibility index (Phi) is 3.82. The maximum absolute atomic E-state index is 6.13. The highest BCUT2D eigenvalue weighted by atomic mass is 16.5. The van der Waals surface area contributed by atoms with Gasteiger partial charge in [-0.05, 0) is 26.2 Å². The molecule has 1 aromatic heterocycles. The van der Waals surface area contributed by atoms with Crippen LogP contribution >= 0.6 is 0 Å². The molecule has 0 aromatic carbocycles. The zero-order valence-corrected chi connectivity index (χ0v) is 10.9. The van der Waals surface area contributed by atoms with Crippen molar-refractivity contribution in [3.63, 3.8) is 0 Å². The lowest BCUT2D eigenvalue weighted by Gasteiger charge is -2.17. The van der Waals surface area contributed by atoms with Crippen molar-refractivity contribution in [1.29, 1.82) is 0 Å². The molecule has 1 heterocycles. The second-order valence-corrected chi connectivity index (χ2v) is 5.42.